The first kappa shape index (κ1) is 23.8. The summed E-state index contributed by atoms with van der Waals surface area (Å²) in [6.45, 7) is 2.90. The van der Waals surface area contributed by atoms with Crippen LogP contribution in [0.2, 0.25) is 10.0 Å². The maximum atomic E-state index is 12.0. The zero-order valence-electron chi connectivity index (χ0n) is 16.9. The number of carbonyl (C=O) groups excluding carboxylic acids is 1. The molecular weight excluding hydrogens is 511 g/mol. The third kappa shape index (κ3) is 6.57. The normalized spacial score (nSPS) is 15.3. The van der Waals surface area contributed by atoms with Crippen molar-refractivity contribution in [3.05, 3.63) is 56.0 Å². The quantitative estimate of drug-likeness (QED) is 0.385. The summed E-state index contributed by atoms with van der Waals surface area (Å²) in [5.41, 5.74) is 3.95. The van der Waals surface area contributed by atoms with Gasteiger partial charge in [0.15, 0.2) is 17.3 Å². The van der Waals surface area contributed by atoms with Crippen molar-refractivity contribution in [2.45, 2.75) is 25.7 Å². The molecule has 0 radical (unpaired) electrons. The molecule has 0 unspecified atom stereocenters. The van der Waals surface area contributed by atoms with Gasteiger partial charge in [-0.3, -0.25) is 4.79 Å². The fourth-order valence-electron chi connectivity index (χ4n) is 2.91. The number of halogens is 3. The van der Waals surface area contributed by atoms with E-state index in [0.717, 1.165) is 5.56 Å². The summed E-state index contributed by atoms with van der Waals surface area (Å²) in [6.07, 6.45) is 1.56. The van der Waals surface area contributed by atoms with Gasteiger partial charge in [0.05, 0.1) is 37.4 Å². The minimum atomic E-state index is -0.905. The highest BCUT2D eigenvalue weighted by molar-refractivity contribution is 9.10. The molecule has 2 aromatic rings. The molecule has 1 amide bonds. The van der Waals surface area contributed by atoms with Crippen LogP contribution in [0.5, 0.6) is 11.5 Å². The molecule has 1 fully saturated rings. The lowest BCUT2D eigenvalue weighted by Crippen LogP contribution is -2.33. The van der Waals surface area contributed by atoms with Gasteiger partial charge in [0.2, 0.25) is 5.91 Å². The largest absolute Gasteiger partial charge is 0.493 e. The van der Waals surface area contributed by atoms with Crippen LogP contribution in [0.3, 0.4) is 0 Å². The standard InChI is InChI=1S/C21H21BrCl2N2O5/c1-21(30-5-6-31-21)10-19(27)26-25-11-13-7-16(22)20(18(8-13)28-2)29-12-14-3-4-15(23)9-17(14)24/h3-4,7-9,11H,5-6,10,12H2,1-2H3,(H,26,27)/b25-11+. The first-order valence-corrected chi connectivity index (χ1v) is 10.9. The SMILES string of the molecule is COc1cc(/C=N/NC(=O)CC2(C)OCCO2)cc(Br)c1OCc1ccc(Cl)cc1Cl. The number of hydrazone groups is 1. The second-order valence-corrected chi connectivity index (χ2v) is 8.56. The monoisotopic (exact) mass is 530 g/mol. The van der Waals surface area contributed by atoms with Crippen molar-refractivity contribution in [2.24, 2.45) is 5.10 Å². The van der Waals surface area contributed by atoms with Crippen LogP contribution in [0, 0.1) is 0 Å². The molecule has 7 nitrogen and oxygen atoms in total. The topological polar surface area (TPSA) is 78.4 Å². The number of benzene rings is 2. The van der Waals surface area contributed by atoms with Gasteiger partial charge in [-0.05, 0) is 52.7 Å². The van der Waals surface area contributed by atoms with E-state index in [2.05, 4.69) is 26.5 Å². The summed E-state index contributed by atoms with van der Waals surface area (Å²) >= 11 is 15.6. The van der Waals surface area contributed by atoms with Crippen molar-refractivity contribution in [3.63, 3.8) is 0 Å². The molecule has 1 saturated heterocycles. The Bertz CT molecular complexity index is 980. The molecule has 2 aromatic carbocycles. The highest BCUT2D eigenvalue weighted by atomic mass is 79.9. The van der Waals surface area contributed by atoms with E-state index in [-0.39, 0.29) is 18.9 Å². The number of ether oxygens (including phenoxy) is 4. The van der Waals surface area contributed by atoms with Crippen LogP contribution < -0.4 is 14.9 Å². The number of rotatable bonds is 8. The Kier molecular flexibility index (Phi) is 8.18. The van der Waals surface area contributed by atoms with Gasteiger partial charge in [-0.2, -0.15) is 5.10 Å². The zero-order chi connectivity index (χ0) is 22.4. The number of carbonyl (C=O) groups is 1. The van der Waals surface area contributed by atoms with Crippen LogP contribution in [0.4, 0.5) is 0 Å². The lowest BCUT2D eigenvalue weighted by atomic mass is 10.2. The van der Waals surface area contributed by atoms with Crippen LogP contribution >= 0.6 is 39.1 Å². The minimum absolute atomic E-state index is 0.0530. The van der Waals surface area contributed by atoms with Gasteiger partial charge in [-0.25, -0.2) is 5.43 Å². The Morgan fingerprint density at radius 1 is 1.29 bits per heavy atom. The first-order chi connectivity index (χ1) is 14.8. The Morgan fingerprint density at radius 3 is 2.71 bits per heavy atom. The molecular formula is C21H21BrCl2N2O5. The van der Waals surface area contributed by atoms with Crippen LogP contribution in [-0.4, -0.2) is 38.2 Å². The van der Waals surface area contributed by atoms with Crippen molar-refractivity contribution in [1.82, 2.24) is 5.43 Å². The van der Waals surface area contributed by atoms with Gasteiger partial charge >= 0.3 is 0 Å². The third-order valence-corrected chi connectivity index (χ3v) is 5.60. The van der Waals surface area contributed by atoms with E-state index in [1.165, 1.54) is 13.3 Å². The average molecular weight is 532 g/mol. The van der Waals surface area contributed by atoms with Crippen LogP contribution in [0.25, 0.3) is 0 Å². The Morgan fingerprint density at radius 2 is 2.03 bits per heavy atom. The molecule has 3 rings (SSSR count). The van der Waals surface area contributed by atoms with Gasteiger partial charge in [0.25, 0.3) is 0 Å². The molecule has 0 spiro atoms. The van der Waals surface area contributed by atoms with Crippen LogP contribution in [-0.2, 0) is 20.9 Å². The summed E-state index contributed by atoms with van der Waals surface area (Å²) in [4.78, 5) is 12.0. The second-order valence-electron chi connectivity index (χ2n) is 6.86. The number of hydrogen-bond acceptors (Lipinski definition) is 6. The fraction of sp³-hybridized carbons (Fsp3) is 0.333. The van der Waals surface area contributed by atoms with Gasteiger partial charge in [0, 0.05) is 15.6 Å². The van der Waals surface area contributed by atoms with Gasteiger partial charge in [-0.15, -0.1) is 0 Å². The molecule has 10 heteroatoms. The zero-order valence-corrected chi connectivity index (χ0v) is 20.0. The molecule has 0 saturated carbocycles. The van der Waals surface area contributed by atoms with Crippen molar-refractivity contribution in [1.29, 1.82) is 0 Å². The summed E-state index contributed by atoms with van der Waals surface area (Å²) in [6, 6.07) is 8.74. The smallest absolute Gasteiger partial charge is 0.245 e. The van der Waals surface area contributed by atoms with E-state index >= 15 is 0 Å². The van der Waals surface area contributed by atoms with Crippen molar-refractivity contribution >= 4 is 51.3 Å². The van der Waals surface area contributed by atoms with E-state index in [9.17, 15) is 4.79 Å². The third-order valence-electron chi connectivity index (χ3n) is 4.42. The Balaban J connectivity index is 1.64. The van der Waals surface area contributed by atoms with E-state index in [1.54, 1.807) is 37.3 Å². The molecule has 0 aromatic heterocycles. The molecule has 1 heterocycles. The Hall–Kier alpha value is -1.84. The van der Waals surface area contributed by atoms with Gasteiger partial charge < -0.3 is 18.9 Å². The van der Waals surface area contributed by atoms with E-state index < -0.39 is 5.79 Å². The second kappa shape index (κ2) is 10.7. The molecule has 166 valence electrons. The van der Waals surface area contributed by atoms with E-state index in [0.29, 0.717) is 44.8 Å². The number of amides is 1. The predicted molar refractivity (Wildman–Crippen MR) is 122 cm³/mol. The summed E-state index contributed by atoms with van der Waals surface area (Å²) in [5.74, 6) is -0.213. The summed E-state index contributed by atoms with van der Waals surface area (Å²) < 4.78 is 22.8. The molecule has 0 aliphatic carbocycles. The van der Waals surface area contributed by atoms with Crippen LogP contribution in [0.15, 0.2) is 39.9 Å². The van der Waals surface area contributed by atoms with E-state index in [4.69, 9.17) is 42.1 Å². The molecule has 0 bridgehead atoms. The van der Waals surface area contributed by atoms with Gasteiger partial charge in [0.1, 0.15) is 6.61 Å². The predicted octanol–water partition coefficient (Wildman–Crippen LogP) is 4.95. The number of nitrogens with zero attached hydrogens (tertiary/aromatic N) is 1. The van der Waals surface area contributed by atoms with Crippen molar-refractivity contribution < 1.29 is 23.7 Å². The Labute approximate surface area is 198 Å². The number of methoxy groups -OCH3 is 1. The minimum Gasteiger partial charge on any atom is -0.493 e. The first-order valence-electron chi connectivity index (χ1n) is 9.34. The fourth-order valence-corrected chi connectivity index (χ4v) is 3.95. The highest BCUT2D eigenvalue weighted by Gasteiger charge is 2.33. The van der Waals surface area contributed by atoms with Crippen LogP contribution in [0.1, 0.15) is 24.5 Å². The molecule has 0 atom stereocenters. The lowest BCUT2D eigenvalue weighted by molar-refractivity contribution is -0.159. The van der Waals surface area contributed by atoms with Gasteiger partial charge in [-0.1, -0.05) is 29.3 Å². The summed E-state index contributed by atoms with van der Waals surface area (Å²) in [7, 11) is 1.54. The lowest BCUT2D eigenvalue weighted by Gasteiger charge is -2.20. The maximum absolute atomic E-state index is 12.0. The number of nitrogens with one attached hydrogen (secondary N) is 1. The molecule has 31 heavy (non-hydrogen) atoms. The average Bonchev–Trinajstić information content (AvgIpc) is 3.13. The molecule has 1 aliphatic heterocycles. The highest BCUT2D eigenvalue weighted by Crippen LogP contribution is 2.37. The molecule has 1 N–H and O–H groups in total. The summed E-state index contributed by atoms with van der Waals surface area (Å²) in [5, 5.41) is 5.07. The number of hydrogen-bond donors (Lipinski definition) is 1. The van der Waals surface area contributed by atoms with E-state index in [1.807, 2.05) is 0 Å². The van der Waals surface area contributed by atoms with Crippen molar-refractivity contribution in [2.75, 3.05) is 20.3 Å². The molecule has 1 aliphatic rings. The maximum Gasteiger partial charge on any atom is 0.245 e. The van der Waals surface area contributed by atoms with Crippen molar-refractivity contribution in [3.8, 4) is 11.5 Å².